The Labute approximate surface area is 127 Å². The molecule has 0 spiro atoms. The minimum atomic E-state index is 0.722. The van der Waals surface area contributed by atoms with Crippen molar-refractivity contribution in [1.82, 2.24) is 4.90 Å². The van der Waals surface area contributed by atoms with Gasteiger partial charge in [0.15, 0.2) is 0 Å². The first kappa shape index (κ1) is 15.3. The quantitative estimate of drug-likeness (QED) is 0.788. The Morgan fingerprint density at radius 1 is 0.905 bits per heavy atom. The highest BCUT2D eigenvalue weighted by atomic mass is 15.1. The van der Waals surface area contributed by atoms with Crippen LogP contribution in [-0.4, -0.2) is 11.4 Å². The largest absolute Gasteiger partial charge is 0.295 e. The fourth-order valence-electron chi connectivity index (χ4n) is 2.42. The van der Waals surface area contributed by atoms with E-state index in [9.17, 15) is 0 Å². The Hall–Kier alpha value is -2.11. The summed E-state index contributed by atoms with van der Waals surface area (Å²) in [5, 5.41) is 8.85. The molecule has 0 aromatic heterocycles. The number of nitriles is 1. The Kier molecular flexibility index (Phi) is 5.54. The Balaban J connectivity index is 2.04. The maximum absolute atomic E-state index is 8.85. The van der Waals surface area contributed by atoms with Crippen molar-refractivity contribution in [3.05, 3.63) is 70.8 Å². The van der Waals surface area contributed by atoms with Crippen molar-refractivity contribution in [1.29, 1.82) is 5.26 Å². The summed E-state index contributed by atoms with van der Waals surface area (Å²) in [6, 6.07) is 18.8. The van der Waals surface area contributed by atoms with Crippen LogP contribution in [0.25, 0.3) is 0 Å². The third-order valence-corrected chi connectivity index (χ3v) is 3.56. The Bertz CT molecular complexity index is 591. The van der Waals surface area contributed by atoms with Crippen molar-refractivity contribution in [3.8, 4) is 6.07 Å². The second-order valence-electron chi connectivity index (χ2n) is 5.50. The molecule has 2 rings (SSSR count). The lowest BCUT2D eigenvalue weighted by molar-refractivity contribution is 0.257. The molecule has 0 atom stereocenters. The summed E-state index contributed by atoms with van der Waals surface area (Å²) in [5.74, 6) is 0. The fourth-order valence-corrected chi connectivity index (χ4v) is 2.42. The van der Waals surface area contributed by atoms with E-state index in [4.69, 9.17) is 5.26 Å². The summed E-state index contributed by atoms with van der Waals surface area (Å²) < 4.78 is 0. The van der Waals surface area contributed by atoms with Crippen LogP contribution in [0.5, 0.6) is 0 Å². The zero-order valence-corrected chi connectivity index (χ0v) is 12.8. The van der Waals surface area contributed by atoms with Crippen LogP contribution in [0, 0.1) is 18.3 Å². The molecule has 0 aliphatic carbocycles. The van der Waals surface area contributed by atoms with Crippen LogP contribution >= 0.6 is 0 Å². The number of aryl methyl sites for hydroxylation is 1. The molecule has 0 amide bonds. The van der Waals surface area contributed by atoms with Gasteiger partial charge in [-0.15, -0.1) is 0 Å². The van der Waals surface area contributed by atoms with E-state index in [1.807, 2.05) is 12.1 Å². The zero-order chi connectivity index (χ0) is 15.1. The zero-order valence-electron chi connectivity index (χ0n) is 12.8. The van der Waals surface area contributed by atoms with E-state index in [1.165, 1.54) is 16.7 Å². The molecule has 0 bridgehead atoms. The standard InChI is InChI=1S/C19H22N2/c1-3-12-21(14-18-6-4-16(2)5-7-18)15-19-10-8-17(13-20)9-11-19/h4-11H,3,12,14-15H2,1-2H3. The van der Waals surface area contributed by atoms with Crippen molar-refractivity contribution in [2.24, 2.45) is 0 Å². The summed E-state index contributed by atoms with van der Waals surface area (Å²) in [5.41, 5.74) is 4.63. The fraction of sp³-hybridized carbons (Fsp3) is 0.316. The first-order valence-corrected chi connectivity index (χ1v) is 7.48. The summed E-state index contributed by atoms with van der Waals surface area (Å²) >= 11 is 0. The molecule has 0 N–H and O–H groups in total. The molecule has 2 aromatic carbocycles. The van der Waals surface area contributed by atoms with E-state index in [1.54, 1.807) is 0 Å². The van der Waals surface area contributed by atoms with Crippen LogP contribution in [0.15, 0.2) is 48.5 Å². The van der Waals surface area contributed by atoms with Crippen molar-refractivity contribution in [3.63, 3.8) is 0 Å². The van der Waals surface area contributed by atoms with Gasteiger partial charge in [0.05, 0.1) is 11.6 Å². The molecule has 0 saturated carbocycles. The topological polar surface area (TPSA) is 27.0 Å². The first-order valence-electron chi connectivity index (χ1n) is 7.48. The van der Waals surface area contributed by atoms with Gasteiger partial charge in [0.25, 0.3) is 0 Å². The molecule has 0 fully saturated rings. The van der Waals surface area contributed by atoms with E-state index in [0.29, 0.717) is 0 Å². The van der Waals surface area contributed by atoms with Gasteiger partial charge in [0.2, 0.25) is 0 Å². The molecule has 21 heavy (non-hydrogen) atoms. The van der Waals surface area contributed by atoms with Gasteiger partial charge in [0.1, 0.15) is 0 Å². The molecule has 0 radical (unpaired) electrons. The predicted molar refractivity (Wildman–Crippen MR) is 86.7 cm³/mol. The number of benzene rings is 2. The van der Waals surface area contributed by atoms with Gasteiger partial charge in [-0.1, -0.05) is 48.9 Å². The molecule has 0 heterocycles. The van der Waals surface area contributed by atoms with E-state index in [2.05, 4.69) is 61.2 Å². The van der Waals surface area contributed by atoms with Gasteiger partial charge in [-0.2, -0.15) is 5.26 Å². The van der Waals surface area contributed by atoms with Gasteiger partial charge in [-0.25, -0.2) is 0 Å². The van der Waals surface area contributed by atoms with E-state index in [-0.39, 0.29) is 0 Å². The van der Waals surface area contributed by atoms with E-state index in [0.717, 1.165) is 31.6 Å². The smallest absolute Gasteiger partial charge is 0.0991 e. The van der Waals surface area contributed by atoms with Crippen LogP contribution < -0.4 is 0 Å². The van der Waals surface area contributed by atoms with Crippen molar-refractivity contribution in [2.75, 3.05) is 6.54 Å². The molecule has 0 unspecified atom stereocenters. The van der Waals surface area contributed by atoms with Crippen LogP contribution in [0.2, 0.25) is 0 Å². The highest BCUT2D eigenvalue weighted by Crippen LogP contribution is 2.12. The average Bonchev–Trinajstić information content (AvgIpc) is 2.50. The molecule has 2 aromatic rings. The van der Waals surface area contributed by atoms with Crippen LogP contribution in [0.4, 0.5) is 0 Å². The number of hydrogen-bond acceptors (Lipinski definition) is 2. The normalized spacial score (nSPS) is 10.6. The highest BCUT2D eigenvalue weighted by molar-refractivity contribution is 5.31. The van der Waals surface area contributed by atoms with E-state index >= 15 is 0 Å². The predicted octanol–water partition coefficient (Wildman–Crippen LogP) is 4.28. The SMILES string of the molecule is CCCN(Cc1ccc(C)cc1)Cc1ccc(C#N)cc1. The van der Waals surface area contributed by atoms with Crippen molar-refractivity contribution < 1.29 is 0 Å². The summed E-state index contributed by atoms with van der Waals surface area (Å²) in [6.45, 7) is 7.29. The lowest BCUT2D eigenvalue weighted by atomic mass is 10.1. The molecule has 2 heteroatoms. The van der Waals surface area contributed by atoms with Crippen LogP contribution in [0.1, 0.15) is 35.6 Å². The maximum Gasteiger partial charge on any atom is 0.0991 e. The number of nitrogens with zero attached hydrogens (tertiary/aromatic N) is 2. The van der Waals surface area contributed by atoms with Gasteiger partial charge in [-0.05, 0) is 43.1 Å². The molecule has 2 nitrogen and oxygen atoms in total. The van der Waals surface area contributed by atoms with Crippen LogP contribution in [0.3, 0.4) is 0 Å². The van der Waals surface area contributed by atoms with Gasteiger partial charge >= 0.3 is 0 Å². The first-order chi connectivity index (χ1) is 10.2. The van der Waals surface area contributed by atoms with Gasteiger partial charge in [0, 0.05) is 13.1 Å². The molecule has 108 valence electrons. The summed E-state index contributed by atoms with van der Waals surface area (Å²) in [7, 11) is 0. The molecule has 0 aliphatic heterocycles. The molecular weight excluding hydrogens is 256 g/mol. The molecule has 0 aliphatic rings. The van der Waals surface area contributed by atoms with Gasteiger partial charge in [-0.3, -0.25) is 4.90 Å². The maximum atomic E-state index is 8.85. The third kappa shape index (κ3) is 4.73. The number of rotatable bonds is 6. The second kappa shape index (κ2) is 7.61. The van der Waals surface area contributed by atoms with Crippen molar-refractivity contribution in [2.45, 2.75) is 33.4 Å². The lowest BCUT2D eigenvalue weighted by Gasteiger charge is -2.22. The third-order valence-electron chi connectivity index (χ3n) is 3.56. The molecular formula is C19H22N2. The Morgan fingerprint density at radius 3 is 1.90 bits per heavy atom. The average molecular weight is 278 g/mol. The number of hydrogen-bond donors (Lipinski definition) is 0. The Morgan fingerprint density at radius 2 is 1.43 bits per heavy atom. The molecule has 0 saturated heterocycles. The van der Waals surface area contributed by atoms with E-state index < -0.39 is 0 Å². The van der Waals surface area contributed by atoms with Crippen LogP contribution in [-0.2, 0) is 13.1 Å². The summed E-state index contributed by atoms with van der Waals surface area (Å²) in [6.07, 6.45) is 1.14. The van der Waals surface area contributed by atoms with Crippen molar-refractivity contribution >= 4 is 0 Å². The highest BCUT2D eigenvalue weighted by Gasteiger charge is 2.06. The monoisotopic (exact) mass is 278 g/mol. The van der Waals surface area contributed by atoms with Gasteiger partial charge < -0.3 is 0 Å². The minimum absolute atomic E-state index is 0.722. The summed E-state index contributed by atoms with van der Waals surface area (Å²) in [4.78, 5) is 2.45. The lowest BCUT2D eigenvalue weighted by Crippen LogP contribution is -2.23. The minimum Gasteiger partial charge on any atom is -0.295 e. The second-order valence-corrected chi connectivity index (χ2v) is 5.50.